The van der Waals surface area contributed by atoms with E-state index >= 15 is 0 Å². The minimum absolute atomic E-state index is 0.343. The molecule has 1 aromatic carbocycles. The smallest absolute Gasteiger partial charge is 0.356 e. The fourth-order valence-corrected chi connectivity index (χ4v) is 2.07. The van der Waals surface area contributed by atoms with E-state index in [9.17, 15) is 4.79 Å². The number of halogens is 1. The Morgan fingerprint density at radius 1 is 1.42 bits per heavy atom. The third-order valence-corrected chi connectivity index (χ3v) is 3.16. The van der Waals surface area contributed by atoms with Crippen molar-refractivity contribution in [2.45, 2.75) is 20.4 Å². The van der Waals surface area contributed by atoms with Gasteiger partial charge in [-0.2, -0.15) is 0 Å². The van der Waals surface area contributed by atoms with Crippen LogP contribution in [-0.4, -0.2) is 22.1 Å². The zero-order valence-electron chi connectivity index (χ0n) is 10.9. The lowest BCUT2D eigenvalue weighted by Gasteiger charge is -2.09. The van der Waals surface area contributed by atoms with E-state index in [0.717, 1.165) is 5.56 Å². The number of carbonyl (C=O) groups excluding carboxylic acids is 1. The summed E-state index contributed by atoms with van der Waals surface area (Å²) in [6.45, 7) is 4.40. The van der Waals surface area contributed by atoms with Gasteiger partial charge in [0, 0.05) is 5.02 Å². The molecule has 0 aliphatic heterocycles. The summed E-state index contributed by atoms with van der Waals surface area (Å²) in [7, 11) is 0. The van der Waals surface area contributed by atoms with Crippen molar-refractivity contribution in [3.8, 4) is 0 Å². The summed E-state index contributed by atoms with van der Waals surface area (Å²) in [4.78, 5) is 16.1. The first kappa shape index (κ1) is 13.6. The minimum atomic E-state index is -0.357. The minimum Gasteiger partial charge on any atom is -0.461 e. The van der Waals surface area contributed by atoms with Gasteiger partial charge >= 0.3 is 5.97 Å². The number of hydrogen-bond donors (Lipinski definition) is 0. The number of aromatic nitrogens is 2. The molecule has 0 atom stereocenters. The van der Waals surface area contributed by atoms with Crippen molar-refractivity contribution < 1.29 is 9.53 Å². The van der Waals surface area contributed by atoms with Crippen LogP contribution in [-0.2, 0) is 11.3 Å². The lowest BCUT2D eigenvalue weighted by molar-refractivity contribution is 0.0513. The van der Waals surface area contributed by atoms with Gasteiger partial charge in [-0.3, -0.25) is 0 Å². The quantitative estimate of drug-likeness (QED) is 0.808. The summed E-state index contributed by atoms with van der Waals surface area (Å²) in [5.41, 5.74) is 2.07. The van der Waals surface area contributed by atoms with Crippen molar-refractivity contribution in [2.75, 3.05) is 6.61 Å². The van der Waals surface area contributed by atoms with Gasteiger partial charge in [0.15, 0.2) is 5.69 Å². The van der Waals surface area contributed by atoms with Gasteiger partial charge in [-0.1, -0.05) is 29.8 Å². The van der Waals surface area contributed by atoms with Crippen molar-refractivity contribution in [1.82, 2.24) is 9.55 Å². The number of rotatable bonds is 4. The SMILES string of the molecule is CCOC(=O)c1c(C)ncn1Cc1ccccc1Cl. The van der Waals surface area contributed by atoms with Crippen LogP contribution in [0.1, 0.15) is 28.7 Å². The summed E-state index contributed by atoms with van der Waals surface area (Å²) in [6.07, 6.45) is 1.63. The molecule has 19 heavy (non-hydrogen) atoms. The molecule has 0 aliphatic carbocycles. The Bertz CT molecular complexity index is 593. The second-order valence-electron chi connectivity index (χ2n) is 4.12. The van der Waals surface area contributed by atoms with E-state index in [4.69, 9.17) is 16.3 Å². The van der Waals surface area contributed by atoms with E-state index < -0.39 is 0 Å². The van der Waals surface area contributed by atoms with Gasteiger partial charge in [0.25, 0.3) is 0 Å². The Labute approximate surface area is 117 Å². The molecule has 0 saturated heterocycles. The van der Waals surface area contributed by atoms with Gasteiger partial charge in [0.2, 0.25) is 0 Å². The molecule has 0 spiro atoms. The Kier molecular flexibility index (Phi) is 4.22. The summed E-state index contributed by atoms with van der Waals surface area (Å²) >= 11 is 6.12. The van der Waals surface area contributed by atoms with Crippen molar-refractivity contribution >= 4 is 17.6 Å². The second kappa shape index (κ2) is 5.89. The topological polar surface area (TPSA) is 44.1 Å². The molecule has 5 heteroatoms. The number of nitrogens with zero attached hydrogens (tertiary/aromatic N) is 2. The van der Waals surface area contributed by atoms with Crippen LogP contribution >= 0.6 is 11.6 Å². The molecule has 1 heterocycles. The third-order valence-electron chi connectivity index (χ3n) is 2.79. The Hall–Kier alpha value is -1.81. The van der Waals surface area contributed by atoms with Crippen LogP contribution in [0.15, 0.2) is 30.6 Å². The summed E-state index contributed by atoms with van der Waals surface area (Å²) in [5, 5.41) is 0.670. The zero-order valence-corrected chi connectivity index (χ0v) is 11.6. The van der Waals surface area contributed by atoms with Crippen molar-refractivity contribution in [2.24, 2.45) is 0 Å². The maximum atomic E-state index is 11.9. The number of aryl methyl sites for hydroxylation is 1. The third kappa shape index (κ3) is 2.96. The Balaban J connectivity index is 2.31. The van der Waals surface area contributed by atoms with Gasteiger partial charge < -0.3 is 9.30 Å². The van der Waals surface area contributed by atoms with Crippen molar-refractivity contribution in [1.29, 1.82) is 0 Å². The number of benzene rings is 1. The van der Waals surface area contributed by atoms with Gasteiger partial charge in [0.1, 0.15) is 0 Å². The number of carbonyl (C=O) groups is 1. The molecule has 0 N–H and O–H groups in total. The fraction of sp³-hybridized carbons (Fsp3) is 0.286. The monoisotopic (exact) mass is 278 g/mol. The molecular formula is C14H15ClN2O2. The summed E-state index contributed by atoms with van der Waals surface area (Å²) < 4.78 is 6.80. The van der Waals surface area contributed by atoms with E-state index in [-0.39, 0.29) is 5.97 Å². The molecule has 100 valence electrons. The van der Waals surface area contributed by atoms with Crippen molar-refractivity contribution in [3.63, 3.8) is 0 Å². The normalized spacial score (nSPS) is 10.5. The highest BCUT2D eigenvalue weighted by atomic mass is 35.5. The van der Waals surface area contributed by atoms with Gasteiger partial charge in [0.05, 0.1) is 25.2 Å². The van der Waals surface area contributed by atoms with Crippen LogP contribution in [0.5, 0.6) is 0 Å². The van der Waals surface area contributed by atoms with Gasteiger partial charge in [-0.05, 0) is 25.5 Å². The van der Waals surface area contributed by atoms with E-state index in [1.54, 1.807) is 24.7 Å². The lowest BCUT2D eigenvalue weighted by Crippen LogP contribution is -2.13. The predicted octanol–water partition coefficient (Wildman–Crippen LogP) is 3.07. The number of ether oxygens (including phenoxy) is 1. The summed E-state index contributed by atoms with van der Waals surface area (Å²) in [5.74, 6) is -0.357. The molecule has 0 amide bonds. The second-order valence-corrected chi connectivity index (χ2v) is 4.53. The molecule has 4 nitrogen and oxygen atoms in total. The number of esters is 1. The standard InChI is InChI=1S/C14H15ClN2O2/c1-3-19-14(18)13-10(2)16-9-17(13)8-11-6-4-5-7-12(11)15/h4-7,9H,3,8H2,1-2H3. The first-order valence-corrected chi connectivity index (χ1v) is 6.43. The fourth-order valence-electron chi connectivity index (χ4n) is 1.88. The highest BCUT2D eigenvalue weighted by molar-refractivity contribution is 6.31. The average Bonchev–Trinajstić information content (AvgIpc) is 2.74. The zero-order chi connectivity index (χ0) is 13.8. The first-order chi connectivity index (χ1) is 9.13. The molecule has 0 unspecified atom stereocenters. The van der Waals surface area contributed by atoms with E-state index in [1.807, 2.05) is 24.3 Å². The average molecular weight is 279 g/mol. The Morgan fingerprint density at radius 3 is 2.84 bits per heavy atom. The Morgan fingerprint density at radius 2 is 2.16 bits per heavy atom. The van der Waals surface area contributed by atoms with E-state index in [0.29, 0.717) is 29.6 Å². The molecule has 2 rings (SSSR count). The van der Waals surface area contributed by atoms with E-state index in [1.165, 1.54) is 0 Å². The van der Waals surface area contributed by atoms with Crippen LogP contribution in [0.25, 0.3) is 0 Å². The summed E-state index contributed by atoms with van der Waals surface area (Å²) in [6, 6.07) is 7.53. The van der Waals surface area contributed by atoms with Crippen LogP contribution in [0.2, 0.25) is 5.02 Å². The molecule has 0 radical (unpaired) electrons. The highest BCUT2D eigenvalue weighted by Gasteiger charge is 2.17. The largest absolute Gasteiger partial charge is 0.461 e. The predicted molar refractivity (Wildman–Crippen MR) is 73.5 cm³/mol. The van der Waals surface area contributed by atoms with Crippen LogP contribution in [0.3, 0.4) is 0 Å². The molecule has 0 fully saturated rings. The molecule has 0 bridgehead atoms. The molecule has 0 aliphatic rings. The first-order valence-electron chi connectivity index (χ1n) is 6.05. The lowest BCUT2D eigenvalue weighted by atomic mass is 10.2. The molecule has 1 aromatic heterocycles. The van der Waals surface area contributed by atoms with Gasteiger partial charge in [-0.25, -0.2) is 9.78 Å². The molecule has 2 aromatic rings. The van der Waals surface area contributed by atoms with Crippen LogP contribution < -0.4 is 0 Å². The maximum absolute atomic E-state index is 11.9. The highest BCUT2D eigenvalue weighted by Crippen LogP contribution is 2.18. The molecule has 0 saturated carbocycles. The number of hydrogen-bond acceptors (Lipinski definition) is 3. The van der Waals surface area contributed by atoms with Crippen molar-refractivity contribution in [3.05, 3.63) is 52.6 Å². The maximum Gasteiger partial charge on any atom is 0.356 e. The van der Waals surface area contributed by atoms with Crippen LogP contribution in [0, 0.1) is 6.92 Å². The molecular weight excluding hydrogens is 264 g/mol. The van der Waals surface area contributed by atoms with E-state index in [2.05, 4.69) is 4.98 Å². The number of imidazole rings is 1. The van der Waals surface area contributed by atoms with Crippen LogP contribution in [0.4, 0.5) is 0 Å². The van der Waals surface area contributed by atoms with Gasteiger partial charge in [-0.15, -0.1) is 0 Å².